The van der Waals surface area contributed by atoms with Crippen molar-refractivity contribution in [1.82, 2.24) is 19.5 Å². The Labute approximate surface area is 111 Å². The van der Waals surface area contributed by atoms with Gasteiger partial charge in [0.05, 0.1) is 5.69 Å². The summed E-state index contributed by atoms with van der Waals surface area (Å²) < 4.78 is 15.7. The molecular formula is C13H18FN5. The van der Waals surface area contributed by atoms with E-state index in [4.69, 9.17) is 0 Å². The van der Waals surface area contributed by atoms with E-state index >= 15 is 0 Å². The number of nitrogens with one attached hydrogen (secondary N) is 1. The molecule has 6 heteroatoms. The van der Waals surface area contributed by atoms with Crippen LogP contribution in [0.2, 0.25) is 0 Å². The van der Waals surface area contributed by atoms with E-state index in [1.807, 2.05) is 6.20 Å². The first-order valence-electron chi connectivity index (χ1n) is 6.31. The van der Waals surface area contributed by atoms with Crippen molar-refractivity contribution in [1.29, 1.82) is 0 Å². The molecule has 0 aliphatic heterocycles. The lowest BCUT2D eigenvalue weighted by Gasteiger charge is -2.11. The molecule has 0 saturated carbocycles. The zero-order valence-corrected chi connectivity index (χ0v) is 11.4. The molecule has 0 atom stereocenters. The minimum atomic E-state index is -0.391. The van der Waals surface area contributed by atoms with Crippen molar-refractivity contribution in [2.75, 3.05) is 11.9 Å². The number of anilines is 1. The largest absolute Gasteiger partial charge is 0.366 e. The fourth-order valence-corrected chi connectivity index (χ4v) is 1.89. The van der Waals surface area contributed by atoms with Gasteiger partial charge in [-0.2, -0.15) is 0 Å². The van der Waals surface area contributed by atoms with Gasteiger partial charge in [-0.1, -0.05) is 13.8 Å². The third kappa shape index (κ3) is 3.07. The highest BCUT2D eigenvalue weighted by Crippen LogP contribution is 2.13. The minimum Gasteiger partial charge on any atom is -0.366 e. The first-order chi connectivity index (χ1) is 9.09. The van der Waals surface area contributed by atoms with Crippen molar-refractivity contribution in [3.05, 3.63) is 36.1 Å². The van der Waals surface area contributed by atoms with Crippen LogP contribution < -0.4 is 5.32 Å². The number of nitrogens with zero attached hydrogens (tertiary/aromatic N) is 4. The molecule has 1 N–H and O–H groups in total. The number of halogens is 1. The summed E-state index contributed by atoms with van der Waals surface area (Å²) in [6.07, 6.45) is 5.07. The molecule has 0 spiro atoms. The van der Waals surface area contributed by atoms with Gasteiger partial charge in [0.15, 0.2) is 11.6 Å². The smallest absolute Gasteiger partial charge is 0.186 e. The van der Waals surface area contributed by atoms with Gasteiger partial charge in [0, 0.05) is 31.4 Å². The van der Waals surface area contributed by atoms with Crippen LogP contribution in [0.15, 0.2) is 18.7 Å². The lowest BCUT2D eigenvalue weighted by Crippen LogP contribution is -2.15. The van der Waals surface area contributed by atoms with E-state index in [2.05, 4.69) is 38.7 Å². The number of aromatic nitrogens is 4. The van der Waals surface area contributed by atoms with Gasteiger partial charge in [-0.15, -0.1) is 0 Å². The van der Waals surface area contributed by atoms with Crippen molar-refractivity contribution in [2.24, 2.45) is 0 Å². The number of hydrogen-bond donors (Lipinski definition) is 1. The Balaban J connectivity index is 1.97. The molecule has 2 heterocycles. The molecule has 5 nitrogen and oxygen atoms in total. The van der Waals surface area contributed by atoms with Gasteiger partial charge in [0.1, 0.15) is 12.2 Å². The van der Waals surface area contributed by atoms with Gasteiger partial charge in [0.25, 0.3) is 0 Å². The van der Waals surface area contributed by atoms with Gasteiger partial charge in [-0.25, -0.2) is 19.3 Å². The van der Waals surface area contributed by atoms with Gasteiger partial charge < -0.3 is 9.88 Å². The van der Waals surface area contributed by atoms with E-state index in [1.165, 1.54) is 6.33 Å². The predicted molar refractivity (Wildman–Crippen MR) is 71.5 cm³/mol. The molecule has 2 aromatic rings. The summed E-state index contributed by atoms with van der Waals surface area (Å²) in [5.41, 5.74) is 0.350. The quantitative estimate of drug-likeness (QED) is 0.899. The van der Waals surface area contributed by atoms with Crippen molar-refractivity contribution in [3.63, 3.8) is 0 Å². The van der Waals surface area contributed by atoms with Crippen LogP contribution in [-0.2, 0) is 6.54 Å². The molecule has 102 valence electrons. The summed E-state index contributed by atoms with van der Waals surface area (Å²) in [6, 6.07) is 0. The second kappa shape index (κ2) is 5.77. The van der Waals surface area contributed by atoms with Crippen molar-refractivity contribution in [3.8, 4) is 0 Å². The summed E-state index contributed by atoms with van der Waals surface area (Å²) in [4.78, 5) is 12.0. The summed E-state index contributed by atoms with van der Waals surface area (Å²) in [7, 11) is 0. The average molecular weight is 263 g/mol. The van der Waals surface area contributed by atoms with E-state index in [9.17, 15) is 4.39 Å². The van der Waals surface area contributed by atoms with Crippen LogP contribution in [0.25, 0.3) is 0 Å². The number of hydrogen-bond acceptors (Lipinski definition) is 4. The van der Waals surface area contributed by atoms with Crippen LogP contribution in [-0.4, -0.2) is 26.1 Å². The van der Waals surface area contributed by atoms with E-state index < -0.39 is 5.82 Å². The molecule has 0 bridgehead atoms. The molecule has 0 radical (unpaired) electrons. The second-order valence-corrected chi connectivity index (χ2v) is 4.68. The van der Waals surface area contributed by atoms with Crippen LogP contribution >= 0.6 is 0 Å². The molecule has 0 aliphatic carbocycles. The van der Waals surface area contributed by atoms with E-state index in [1.54, 1.807) is 13.1 Å². The van der Waals surface area contributed by atoms with Crippen molar-refractivity contribution in [2.45, 2.75) is 33.2 Å². The SMILES string of the molecule is Cc1ncnc(NCCn2ccnc2C(C)C)c1F. The Bertz CT molecular complexity index is 550. The average Bonchev–Trinajstić information content (AvgIpc) is 2.83. The monoisotopic (exact) mass is 263 g/mol. The van der Waals surface area contributed by atoms with Crippen LogP contribution in [0.5, 0.6) is 0 Å². The van der Waals surface area contributed by atoms with E-state index in [0.717, 1.165) is 12.4 Å². The van der Waals surface area contributed by atoms with Crippen LogP contribution in [0.4, 0.5) is 10.2 Å². The number of rotatable bonds is 5. The second-order valence-electron chi connectivity index (χ2n) is 4.68. The predicted octanol–water partition coefficient (Wildman–Crippen LogP) is 2.36. The van der Waals surface area contributed by atoms with Crippen LogP contribution in [0.3, 0.4) is 0 Å². The third-order valence-corrected chi connectivity index (χ3v) is 2.87. The summed E-state index contributed by atoms with van der Waals surface area (Å²) in [5.74, 6) is 1.25. The molecule has 0 aromatic carbocycles. The van der Waals surface area contributed by atoms with E-state index in [0.29, 0.717) is 18.2 Å². The normalized spacial score (nSPS) is 11.0. The van der Waals surface area contributed by atoms with E-state index in [-0.39, 0.29) is 5.82 Å². The van der Waals surface area contributed by atoms with Gasteiger partial charge in [-0.3, -0.25) is 0 Å². The topological polar surface area (TPSA) is 55.6 Å². The lowest BCUT2D eigenvalue weighted by atomic mass is 10.2. The maximum absolute atomic E-state index is 13.7. The summed E-state index contributed by atoms with van der Waals surface area (Å²) >= 11 is 0. The summed E-state index contributed by atoms with van der Waals surface area (Å²) in [5, 5.41) is 2.98. The number of imidazole rings is 1. The molecule has 2 aromatic heterocycles. The minimum absolute atomic E-state index is 0.249. The molecule has 2 rings (SSSR count). The molecule has 0 amide bonds. The van der Waals surface area contributed by atoms with Crippen LogP contribution in [0, 0.1) is 12.7 Å². The Hall–Kier alpha value is -1.98. The lowest BCUT2D eigenvalue weighted by molar-refractivity contribution is 0.599. The third-order valence-electron chi connectivity index (χ3n) is 2.87. The fourth-order valence-electron chi connectivity index (χ4n) is 1.89. The summed E-state index contributed by atoms with van der Waals surface area (Å²) in [6.45, 7) is 7.12. The first-order valence-corrected chi connectivity index (χ1v) is 6.31. The molecular weight excluding hydrogens is 245 g/mol. The highest BCUT2D eigenvalue weighted by molar-refractivity contribution is 5.36. The fraction of sp³-hybridized carbons (Fsp3) is 0.462. The zero-order chi connectivity index (χ0) is 13.8. The van der Waals surface area contributed by atoms with Crippen molar-refractivity contribution < 1.29 is 4.39 Å². The Morgan fingerprint density at radius 3 is 2.84 bits per heavy atom. The molecule has 0 aliphatic rings. The Kier molecular flexibility index (Phi) is 4.09. The molecule has 0 unspecified atom stereocenters. The molecule has 19 heavy (non-hydrogen) atoms. The maximum Gasteiger partial charge on any atom is 0.186 e. The zero-order valence-electron chi connectivity index (χ0n) is 11.4. The highest BCUT2D eigenvalue weighted by Gasteiger charge is 2.09. The molecule has 0 fully saturated rings. The van der Waals surface area contributed by atoms with Gasteiger partial charge >= 0.3 is 0 Å². The highest BCUT2D eigenvalue weighted by atomic mass is 19.1. The maximum atomic E-state index is 13.7. The Morgan fingerprint density at radius 2 is 2.11 bits per heavy atom. The number of aryl methyl sites for hydroxylation is 1. The Morgan fingerprint density at radius 1 is 1.32 bits per heavy atom. The first kappa shape index (κ1) is 13.5. The standard InChI is InChI=1S/C13H18FN5/c1-9(2)13-16-5-7-19(13)6-4-15-12-11(14)10(3)17-8-18-12/h5,7-9H,4,6H2,1-3H3,(H,15,17,18). The van der Waals surface area contributed by atoms with Gasteiger partial charge in [-0.05, 0) is 6.92 Å². The molecule has 0 saturated heterocycles. The van der Waals surface area contributed by atoms with Crippen molar-refractivity contribution >= 4 is 5.82 Å². The van der Waals surface area contributed by atoms with Crippen LogP contribution in [0.1, 0.15) is 31.3 Å². The van der Waals surface area contributed by atoms with Gasteiger partial charge in [0.2, 0.25) is 0 Å².